The third-order valence-electron chi connectivity index (χ3n) is 2.37. The van der Waals surface area contributed by atoms with E-state index in [-0.39, 0.29) is 11.3 Å². The van der Waals surface area contributed by atoms with E-state index in [1.54, 1.807) is 0 Å². The molecule has 1 aromatic rings. The average Bonchev–Trinajstić information content (AvgIpc) is 2.26. The Morgan fingerprint density at radius 1 is 1.29 bits per heavy atom. The smallest absolute Gasteiger partial charge is 0.269 e. The van der Waals surface area contributed by atoms with Crippen LogP contribution < -0.4 is 0 Å². The van der Waals surface area contributed by atoms with Crippen molar-refractivity contribution in [1.29, 1.82) is 0 Å². The first-order chi connectivity index (χ1) is 7.73. The number of hydrogen-bond acceptors (Lipinski definition) is 5. The maximum Gasteiger partial charge on any atom is 0.269 e. The zero-order valence-corrected chi connectivity index (χ0v) is 10.1. The normalized spacial score (nSPS) is 13.1. The molecule has 0 aliphatic heterocycles. The molecule has 0 N–H and O–H groups in total. The van der Waals surface area contributed by atoms with Crippen molar-refractivity contribution in [3.8, 4) is 0 Å². The zero-order chi connectivity index (χ0) is 13.2. The first kappa shape index (κ1) is 13.3. The van der Waals surface area contributed by atoms with E-state index in [1.165, 1.54) is 31.2 Å². The van der Waals surface area contributed by atoms with E-state index in [1.807, 2.05) is 0 Å². The molecule has 1 rings (SSSR count). The molecule has 6 nitrogen and oxygen atoms in total. The van der Waals surface area contributed by atoms with Gasteiger partial charge in [0.1, 0.15) is 5.25 Å². The Balaban J connectivity index is 3.03. The van der Waals surface area contributed by atoms with Gasteiger partial charge >= 0.3 is 0 Å². The number of nitrogens with zero attached hydrogens (tertiary/aromatic N) is 1. The number of nitro benzene ring substituents is 1. The van der Waals surface area contributed by atoms with E-state index >= 15 is 0 Å². The topological polar surface area (TPSA) is 94.3 Å². The van der Waals surface area contributed by atoms with Crippen LogP contribution in [0.4, 0.5) is 5.69 Å². The summed E-state index contributed by atoms with van der Waals surface area (Å²) in [5.41, 5.74) is 0.00193. The van der Waals surface area contributed by atoms with Gasteiger partial charge in [-0.2, -0.15) is 0 Å². The molecule has 0 aromatic heterocycles. The molecule has 0 saturated carbocycles. The Kier molecular flexibility index (Phi) is 3.62. The molecular weight excluding hydrogens is 246 g/mol. The number of non-ortho nitro benzene ring substituents is 1. The Morgan fingerprint density at radius 3 is 2.12 bits per heavy atom. The second kappa shape index (κ2) is 4.62. The molecule has 0 aliphatic rings. The summed E-state index contributed by atoms with van der Waals surface area (Å²) in [6.45, 7) is 1.29. The molecule has 0 fully saturated rings. The van der Waals surface area contributed by atoms with Gasteiger partial charge in [-0.15, -0.1) is 0 Å². The fraction of sp³-hybridized carbons (Fsp3) is 0.300. The first-order valence-electron chi connectivity index (χ1n) is 4.71. The van der Waals surface area contributed by atoms with Crippen LogP contribution >= 0.6 is 0 Å². The first-order valence-corrected chi connectivity index (χ1v) is 6.66. The molecule has 0 heterocycles. The van der Waals surface area contributed by atoms with Crippen LogP contribution in [0.2, 0.25) is 0 Å². The molecular formula is C10H11NO5S. The predicted octanol–water partition coefficient (Wildman–Crippen LogP) is 1.21. The SMILES string of the molecule is CC(C(=O)c1ccc([N+](=O)[O-])cc1)S(C)(=O)=O. The number of hydrogen-bond donors (Lipinski definition) is 0. The Labute approximate surface area is 98.3 Å². The Hall–Kier alpha value is -1.76. The van der Waals surface area contributed by atoms with Gasteiger partial charge < -0.3 is 0 Å². The molecule has 92 valence electrons. The molecule has 0 bridgehead atoms. The number of rotatable bonds is 4. The van der Waals surface area contributed by atoms with Crippen molar-refractivity contribution in [3.63, 3.8) is 0 Å². The van der Waals surface area contributed by atoms with Gasteiger partial charge in [-0.1, -0.05) is 0 Å². The van der Waals surface area contributed by atoms with Crippen LogP contribution in [0.1, 0.15) is 17.3 Å². The second-order valence-corrected chi connectivity index (χ2v) is 6.01. The van der Waals surface area contributed by atoms with Crippen LogP contribution in [0, 0.1) is 10.1 Å². The van der Waals surface area contributed by atoms with E-state index in [0.717, 1.165) is 6.26 Å². The van der Waals surface area contributed by atoms with E-state index in [4.69, 9.17) is 0 Å². The molecule has 1 atom stereocenters. The summed E-state index contributed by atoms with van der Waals surface area (Å²) < 4.78 is 22.4. The van der Waals surface area contributed by atoms with Crippen molar-refractivity contribution in [1.82, 2.24) is 0 Å². The van der Waals surface area contributed by atoms with E-state index in [2.05, 4.69) is 0 Å². The van der Waals surface area contributed by atoms with Crippen LogP contribution in [-0.4, -0.2) is 30.6 Å². The number of benzene rings is 1. The summed E-state index contributed by atoms with van der Waals surface area (Å²) in [6.07, 6.45) is 0.973. The van der Waals surface area contributed by atoms with Crippen molar-refractivity contribution < 1.29 is 18.1 Å². The molecule has 1 aromatic carbocycles. The van der Waals surface area contributed by atoms with Crippen molar-refractivity contribution in [3.05, 3.63) is 39.9 Å². The summed E-state index contributed by atoms with van der Waals surface area (Å²) in [6, 6.07) is 4.84. The van der Waals surface area contributed by atoms with Crippen LogP contribution in [0.15, 0.2) is 24.3 Å². The highest BCUT2D eigenvalue weighted by molar-refractivity contribution is 7.92. The third kappa shape index (κ3) is 3.10. The van der Waals surface area contributed by atoms with E-state index in [9.17, 15) is 23.3 Å². The Bertz CT molecular complexity index is 547. The standard InChI is InChI=1S/C10H11NO5S/c1-7(17(2,15)16)10(12)8-3-5-9(6-4-8)11(13)14/h3-7H,1-2H3. The summed E-state index contributed by atoms with van der Waals surface area (Å²) in [5, 5.41) is 9.25. The second-order valence-electron chi connectivity index (χ2n) is 3.64. The molecule has 17 heavy (non-hydrogen) atoms. The van der Waals surface area contributed by atoms with Crippen molar-refractivity contribution in [2.75, 3.05) is 6.26 Å². The fourth-order valence-corrected chi connectivity index (χ4v) is 1.70. The number of ketones is 1. The minimum Gasteiger partial charge on any atom is -0.293 e. The summed E-state index contributed by atoms with van der Waals surface area (Å²) in [4.78, 5) is 21.5. The molecule has 0 amide bonds. The minimum atomic E-state index is -3.46. The number of Topliss-reactive ketones (excluding diaryl/α,β-unsaturated/α-hetero) is 1. The van der Waals surface area contributed by atoms with Crippen LogP contribution in [0.3, 0.4) is 0 Å². The maximum absolute atomic E-state index is 11.7. The lowest BCUT2D eigenvalue weighted by Crippen LogP contribution is -2.26. The lowest BCUT2D eigenvalue weighted by atomic mass is 10.1. The quantitative estimate of drug-likeness (QED) is 0.459. The average molecular weight is 257 g/mol. The van der Waals surface area contributed by atoms with E-state index in [0.29, 0.717) is 0 Å². The third-order valence-corrected chi connectivity index (χ3v) is 3.87. The monoisotopic (exact) mass is 257 g/mol. The Morgan fingerprint density at radius 2 is 1.76 bits per heavy atom. The van der Waals surface area contributed by atoms with E-state index < -0.39 is 25.8 Å². The predicted molar refractivity (Wildman–Crippen MR) is 61.7 cm³/mol. The number of sulfone groups is 1. The van der Waals surface area contributed by atoms with Gasteiger partial charge in [0.25, 0.3) is 5.69 Å². The molecule has 0 saturated heterocycles. The summed E-state index contributed by atoms with van der Waals surface area (Å²) in [7, 11) is -3.46. The lowest BCUT2D eigenvalue weighted by molar-refractivity contribution is -0.384. The largest absolute Gasteiger partial charge is 0.293 e. The fourth-order valence-electron chi connectivity index (χ4n) is 1.18. The van der Waals surface area contributed by atoms with Gasteiger partial charge in [0.05, 0.1) is 4.92 Å². The van der Waals surface area contributed by atoms with Gasteiger partial charge in [0.15, 0.2) is 15.6 Å². The number of carbonyl (C=O) groups excluding carboxylic acids is 1. The molecule has 0 aliphatic carbocycles. The van der Waals surface area contributed by atoms with Crippen LogP contribution in [-0.2, 0) is 9.84 Å². The molecule has 0 radical (unpaired) electrons. The number of nitro groups is 1. The van der Waals surface area contributed by atoms with Gasteiger partial charge in [-0.3, -0.25) is 14.9 Å². The zero-order valence-electron chi connectivity index (χ0n) is 9.28. The van der Waals surface area contributed by atoms with Gasteiger partial charge in [-0.05, 0) is 19.1 Å². The van der Waals surface area contributed by atoms with Crippen LogP contribution in [0.25, 0.3) is 0 Å². The number of carbonyl (C=O) groups is 1. The molecule has 0 spiro atoms. The minimum absolute atomic E-state index is 0.145. The highest BCUT2D eigenvalue weighted by Crippen LogP contribution is 2.15. The lowest BCUT2D eigenvalue weighted by Gasteiger charge is -2.07. The van der Waals surface area contributed by atoms with Gasteiger partial charge in [-0.25, -0.2) is 8.42 Å². The summed E-state index contributed by atoms with van der Waals surface area (Å²) >= 11 is 0. The maximum atomic E-state index is 11.7. The summed E-state index contributed by atoms with van der Waals surface area (Å²) in [5.74, 6) is -0.567. The van der Waals surface area contributed by atoms with Gasteiger partial charge in [0.2, 0.25) is 0 Å². The van der Waals surface area contributed by atoms with Crippen molar-refractivity contribution in [2.24, 2.45) is 0 Å². The van der Waals surface area contributed by atoms with Crippen molar-refractivity contribution >= 4 is 21.3 Å². The highest BCUT2D eigenvalue weighted by atomic mass is 32.2. The van der Waals surface area contributed by atoms with Crippen LogP contribution in [0.5, 0.6) is 0 Å². The molecule has 1 unspecified atom stereocenters. The molecule has 7 heteroatoms. The van der Waals surface area contributed by atoms with Gasteiger partial charge in [0, 0.05) is 24.0 Å². The van der Waals surface area contributed by atoms with Crippen molar-refractivity contribution in [2.45, 2.75) is 12.2 Å². The highest BCUT2D eigenvalue weighted by Gasteiger charge is 2.24.